The molecule has 1 rings (SSSR count). The van der Waals surface area contributed by atoms with Crippen LogP contribution in [0.5, 0.6) is 0 Å². The highest BCUT2D eigenvalue weighted by Crippen LogP contribution is 2.18. The van der Waals surface area contributed by atoms with Crippen molar-refractivity contribution in [2.45, 2.75) is 33.2 Å². The SMILES string of the molecule is CCC(C)N/C=C(/C#N)C(=O)N(C(C)=O)c1ccc(N)cc1. The van der Waals surface area contributed by atoms with Crippen LogP contribution in [-0.2, 0) is 9.59 Å². The van der Waals surface area contributed by atoms with Gasteiger partial charge in [-0.25, -0.2) is 4.90 Å². The molecular weight excluding hydrogens is 280 g/mol. The third kappa shape index (κ3) is 4.35. The average molecular weight is 300 g/mol. The van der Waals surface area contributed by atoms with E-state index in [4.69, 9.17) is 11.0 Å². The van der Waals surface area contributed by atoms with Gasteiger partial charge < -0.3 is 11.1 Å². The van der Waals surface area contributed by atoms with E-state index >= 15 is 0 Å². The van der Waals surface area contributed by atoms with Crippen molar-refractivity contribution in [1.82, 2.24) is 5.32 Å². The minimum absolute atomic E-state index is 0.124. The van der Waals surface area contributed by atoms with Crippen molar-refractivity contribution in [3.63, 3.8) is 0 Å². The van der Waals surface area contributed by atoms with Crippen molar-refractivity contribution in [3.05, 3.63) is 36.0 Å². The predicted octanol–water partition coefficient (Wildman–Crippen LogP) is 1.94. The van der Waals surface area contributed by atoms with E-state index in [1.165, 1.54) is 13.1 Å². The Labute approximate surface area is 130 Å². The van der Waals surface area contributed by atoms with Gasteiger partial charge in [-0.1, -0.05) is 6.92 Å². The zero-order valence-corrected chi connectivity index (χ0v) is 13.0. The maximum atomic E-state index is 12.4. The molecule has 0 aliphatic heterocycles. The van der Waals surface area contributed by atoms with Gasteiger partial charge in [0.25, 0.3) is 5.91 Å². The normalized spacial score (nSPS) is 12.2. The van der Waals surface area contributed by atoms with E-state index in [1.807, 2.05) is 19.9 Å². The van der Waals surface area contributed by atoms with Crippen molar-refractivity contribution >= 4 is 23.2 Å². The molecule has 2 amide bonds. The third-order valence-electron chi connectivity index (χ3n) is 3.14. The summed E-state index contributed by atoms with van der Waals surface area (Å²) in [5.74, 6) is -1.14. The molecule has 0 aliphatic carbocycles. The molecule has 0 saturated heterocycles. The van der Waals surface area contributed by atoms with Crippen LogP contribution in [0.3, 0.4) is 0 Å². The summed E-state index contributed by atoms with van der Waals surface area (Å²) >= 11 is 0. The molecule has 0 spiro atoms. The van der Waals surface area contributed by atoms with Gasteiger partial charge in [0.15, 0.2) is 0 Å². The summed E-state index contributed by atoms with van der Waals surface area (Å²) in [6.45, 7) is 5.18. The van der Waals surface area contributed by atoms with Gasteiger partial charge in [0, 0.05) is 24.9 Å². The lowest BCUT2D eigenvalue weighted by Crippen LogP contribution is -2.36. The number of nitrogen functional groups attached to an aromatic ring is 1. The first-order valence-electron chi connectivity index (χ1n) is 6.97. The van der Waals surface area contributed by atoms with Crippen molar-refractivity contribution < 1.29 is 9.59 Å². The van der Waals surface area contributed by atoms with E-state index in [0.29, 0.717) is 11.4 Å². The van der Waals surface area contributed by atoms with Gasteiger partial charge >= 0.3 is 0 Å². The number of carbonyl (C=O) groups is 2. The van der Waals surface area contributed by atoms with Crippen LogP contribution in [0.1, 0.15) is 27.2 Å². The largest absolute Gasteiger partial charge is 0.399 e. The van der Waals surface area contributed by atoms with Gasteiger partial charge in [-0.2, -0.15) is 5.26 Å². The summed E-state index contributed by atoms with van der Waals surface area (Å²) in [7, 11) is 0. The van der Waals surface area contributed by atoms with Crippen molar-refractivity contribution in [1.29, 1.82) is 5.26 Å². The topological polar surface area (TPSA) is 99.2 Å². The number of nitrogens with two attached hydrogens (primary N) is 1. The molecule has 6 heteroatoms. The summed E-state index contributed by atoms with van der Waals surface area (Å²) in [5.41, 5.74) is 6.36. The molecule has 3 N–H and O–H groups in total. The maximum absolute atomic E-state index is 12.4. The zero-order valence-electron chi connectivity index (χ0n) is 13.0. The molecule has 22 heavy (non-hydrogen) atoms. The number of benzene rings is 1. The van der Waals surface area contributed by atoms with Gasteiger partial charge in [0.1, 0.15) is 11.6 Å². The number of nitrogens with one attached hydrogen (secondary N) is 1. The van der Waals surface area contributed by atoms with Crippen LogP contribution in [0.2, 0.25) is 0 Å². The number of carbonyl (C=O) groups excluding carboxylic acids is 2. The maximum Gasteiger partial charge on any atom is 0.277 e. The van der Waals surface area contributed by atoms with E-state index in [-0.39, 0.29) is 11.6 Å². The monoisotopic (exact) mass is 300 g/mol. The highest BCUT2D eigenvalue weighted by atomic mass is 16.2. The molecule has 116 valence electrons. The fourth-order valence-corrected chi connectivity index (χ4v) is 1.67. The van der Waals surface area contributed by atoms with Crippen LogP contribution in [-0.4, -0.2) is 17.9 Å². The first-order valence-corrected chi connectivity index (χ1v) is 6.97. The zero-order chi connectivity index (χ0) is 16.7. The standard InChI is InChI=1S/C16H20N4O2/c1-4-11(2)19-10-13(9-17)16(22)20(12(3)21)15-7-5-14(18)6-8-15/h5-8,10-11,19H,4,18H2,1-3H3/b13-10-. The van der Waals surface area contributed by atoms with E-state index in [2.05, 4.69) is 5.32 Å². The molecule has 1 atom stereocenters. The second-order valence-electron chi connectivity index (χ2n) is 4.90. The summed E-state index contributed by atoms with van der Waals surface area (Å²) in [6, 6.07) is 8.25. The number of hydrogen-bond donors (Lipinski definition) is 2. The molecule has 0 aromatic heterocycles. The lowest BCUT2D eigenvalue weighted by atomic mass is 10.2. The lowest BCUT2D eigenvalue weighted by molar-refractivity contribution is -0.123. The number of anilines is 2. The fraction of sp³-hybridized carbons (Fsp3) is 0.312. The van der Waals surface area contributed by atoms with E-state index in [1.54, 1.807) is 24.3 Å². The molecule has 1 aromatic rings. The molecule has 0 heterocycles. The van der Waals surface area contributed by atoms with Crippen LogP contribution < -0.4 is 16.0 Å². The number of amides is 2. The van der Waals surface area contributed by atoms with Crippen LogP contribution in [0.4, 0.5) is 11.4 Å². The molecule has 0 aliphatic rings. The molecule has 0 saturated carbocycles. The smallest absolute Gasteiger partial charge is 0.277 e. The van der Waals surface area contributed by atoms with E-state index in [9.17, 15) is 9.59 Å². The van der Waals surface area contributed by atoms with Crippen molar-refractivity contribution in [2.75, 3.05) is 10.6 Å². The second-order valence-corrected chi connectivity index (χ2v) is 4.90. The summed E-state index contributed by atoms with van der Waals surface area (Å²) in [6.07, 6.45) is 2.20. The van der Waals surface area contributed by atoms with Crippen molar-refractivity contribution in [3.8, 4) is 6.07 Å². The Balaban J connectivity index is 3.10. The number of rotatable bonds is 5. The molecule has 1 unspecified atom stereocenters. The van der Waals surface area contributed by atoms with Gasteiger partial charge in [-0.05, 0) is 37.6 Å². The highest BCUT2D eigenvalue weighted by Gasteiger charge is 2.23. The summed E-state index contributed by atoms with van der Waals surface area (Å²) < 4.78 is 0. The van der Waals surface area contributed by atoms with Gasteiger partial charge in [-0.15, -0.1) is 0 Å². The minimum Gasteiger partial charge on any atom is -0.399 e. The van der Waals surface area contributed by atoms with Crippen LogP contribution in [0.15, 0.2) is 36.0 Å². The summed E-state index contributed by atoms with van der Waals surface area (Å²) in [4.78, 5) is 25.2. The number of imide groups is 1. The minimum atomic E-state index is -0.671. The Morgan fingerprint density at radius 3 is 2.45 bits per heavy atom. The lowest BCUT2D eigenvalue weighted by Gasteiger charge is -2.19. The number of nitriles is 1. The molecule has 0 radical (unpaired) electrons. The molecule has 6 nitrogen and oxygen atoms in total. The van der Waals surface area contributed by atoms with Crippen molar-refractivity contribution in [2.24, 2.45) is 0 Å². The van der Waals surface area contributed by atoms with Crippen LogP contribution in [0.25, 0.3) is 0 Å². The number of hydrogen-bond acceptors (Lipinski definition) is 5. The molecular formula is C16H20N4O2. The van der Waals surface area contributed by atoms with E-state index < -0.39 is 11.8 Å². The molecule has 0 fully saturated rings. The predicted molar refractivity (Wildman–Crippen MR) is 85.6 cm³/mol. The van der Waals surface area contributed by atoms with Crippen LogP contribution >= 0.6 is 0 Å². The summed E-state index contributed by atoms with van der Waals surface area (Å²) in [5, 5.41) is 12.1. The molecule has 0 bridgehead atoms. The highest BCUT2D eigenvalue weighted by molar-refractivity contribution is 6.21. The Hall–Kier alpha value is -2.81. The van der Waals surface area contributed by atoms with Gasteiger partial charge in [0.2, 0.25) is 5.91 Å². The van der Waals surface area contributed by atoms with Gasteiger partial charge in [-0.3, -0.25) is 9.59 Å². The average Bonchev–Trinajstić information content (AvgIpc) is 2.49. The van der Waals surface area contributed by atoms with E-state index in [0.717, 1.165) is 11.3 Å². The molecule has 1 aromatic carbocycles. The van der Waals surface area contributed by atoms with Crippen LogP contribution in [0, 0.1) is 11.3 Å². The first kappa shape index (κ1) is 17.2. The Morgan fingerprint density at radius 1 is 1.41 bits per heavy atom. The third-order valence-corrected chi connectivity index (χ3v) is 3.14. The van der Waals surface area contributed by atoms with Gasteiger partial charge in [0.05, 0.1) is 5.69 Å². The quantitative estimate of drug-likeness (QED) is 0.492. The fourth-order valence-electron chi connectivity index (χ4n) is 1.67. The Kier molecular flexibility index (Phi) is 6.14. The first-order chi connectivity index (χ1) is 10.4. The number of nitrogens with zero attached hydrogens (tertiary/aromatic N) is 2. The second kappa shape index (κ2) is 7.84. The Bertz CT molecular complexity index is 614. The Morgan fingerprint density at radius 2 is 2.00 bits per heavy atom.